The largest absolute Gasteiger partial charge is 0.342 e. The maximum atomic E-state index is 12.1. The summed E-state index contributed by atoms with van der Waals surface area (Å²) < 4.78 is 38.6. The van der Waals surface area contributed by atoms with Gasteiger partial charge in [-0.15, -0.1) is 31.7 Å². The molecule has 3 aliphatic heterocycles. The molecule has 58 heavy (non-hydrogen) atoms. The number of carbonyl (C=O) groups excluding carboxylic acids is 6. The molecule has 3 aromatic rings. The van der Waals surface area contributed by atoms with Crippen LogP contribution >= 0.6 is 45.9 Å². The smallest absolute Gasteiger partial charge is 0.330 e. The summed E-state index contributed by atoms with van der Waals surface area (Å²) in [6.45, 7) is 1.27. The van der Waals surface area contributed by atoms with Crippen LogP contribution in [0.1, 0.15) is 82.1 Å². The second kappa shape index (κ2) is 20.5. The number of aryl methyl sites for hydroxylation is 1. The number of aromatic nitrogens is 3. The Kier molecular flexibility index (Phi) is 15.8. The van der Waals surface area contributed by atoms with Crippen LogP contribution in [0, 0.1) is 10.2 Å². The lowest BCUT2D eigenvalue weighted by Crippen LogP contribution is -2.68. The van der Waals surface area contributed by atoms with E-state index in [0.29, 0.717) is 46.1 Å². The third-order valence-corrected chi connectivity index (χ3v) is 10.7. The fourth-order valence-electron chi connectivity index (χ4n) is 5.79. The highest BCUT2D eigenvalue weighted by Crippen LogP contribution is 2.24. The molecular formula is C35H35Cl3N6O12S2. The molecule has 2 saturated heterocycles. The van der Waals surface area contributed by atoms with Gasteiger partial charge in [-0.2, -0.15) is 0 Å². The van der Waals surface area contributed by atoms with Crippen molar-refractivity contribution in [3.8, 4) is 0 Å². The average Bonchev–Trinajstić information content (AvgIpc) is 3.90. The molecule has 3 aromatic heterocycles. The number of hydrogen-bond acceptors (Lipinski definition) is 17. The molecule has 0 atom stereocenters. The van der Waals surface area contributed by atoms with Crippen molar-refractivity contribution in [1.82, 2.24) is 20.1 Å². The summed E-state index contributed by atoms with van der Waals surface area (Å²) in [7, 11) is -4.94. The van der Waals surface area contributed by atoms with Gasteiger partial charge in [-0.25, -0.2) is 37.8 Å². The molecule has 4 amide bonds. The Bertz CT molecular complexity index is 2220. The highest BCUT2D eigenvalue weighted by atomic mass is 35.7. The first-order valence-corrected chi connectivity index (χ1v) is 21.4. The fourth-order valence-corrected chi connectivity index (χ4v) is 8.26. The molecule has 0 aliphatic carbocycles. The highest BCUT2D eigenvalue weighted by molar-refractivity contribution is 7.19. The topological polar surface area (TPSA) is 252 Å². The van der Waals surface area contributed by atoms with E-state index in [9.17, 15) is 28.8 Å². The molecule has 0 spiro atoms. The standard InChI is InChI=1S/C35H35Cl2N6O8S2.ClHO4/c36-22-18-24-34(40(20-22)16-5-1-3-10-32(48)50-42-28(44)12-13-29(42)45)38-26(52-24)8-7-9-27-39-35-25(53-27)19-23(37)21-41(35)17-6-2-4-11-33(49)51-43-30(46)14-15-31(43)47;2-1(3,4)5/h7-9,18-21H,1-6,10-17H2;(H,2,3,4,5)/q+1;/p-1. The van der Waals surface area contributed by atoms with Crippen LogP contribution in [0.4, 0.5) is 5.82 Å². The van der Waals surface area contributed by atoms with Crippen molar-refractivity contribution < 1.29 is 71.9 Å². The summed E-state index contributed by atoms with van der Waals surface area (Å²) in [5.41, 5.74) is 0.800. The van der Waals surface area contributed by atoms with E-state index in [-0.39, 0.29) is 38.5 Å². The van der Waals surface area contributed by atoms with E-state index >= 15 is 0 Å². The fraction of sp³-hybridized carbons (Fsp3) is 0.400. The number of hydroxylamine groups is 4. The number of imide groups is 2. The first-order valence-electron chi connectivity index (χ1n) is 17.8. The van der Waals surface area contributed by atoms with Crippen LogP contribution in [0.15, 0.2) is 29.6 Å². The summed E-state index contributed by atoms with van der Waals surface area (Å²) in [5.74, 6) is -2.36. The Hall–Kier alpha value is -4.38. The molecule has 0 N–H and O–H groups in total. The number of pyridine rings is 1. The van der Waals surface area contributed by atoms with Crippen molar-refractivity contribution in [1.29, 1.82) is 0 Å². The number of nitrogens with zero attached hydrogens (tertiary/aromatic N) is 6. The summed E-state index contributed by atoms with van der Waals surface area (Å²) in [6, 6.07) is 1.88. The SMILES string of the molecule is O=C(CCCCCN1C=C(Cl)C=c2s/c(=C\C=C\c3nc4c(cc(Cl)c[n+]4CCCCCC(=O)ON4C(=O)CCC4=O)s3)nc21)ON1C(=O)CCC1=O.[O-][Cl+3]([O-])([O-])[O-]. The molecule has 310 valence electrons. The molecule has 6 heterocycles. The van der Waals surface area contributed by atoms with Gasteiger partial charge in [0.25, 0.3) is 23.6 Å². The number of rotatable bonds is 16. The van der Waals surface area contributed by atoms with E-state index in [1.54, 1.807) is 0 Å². The molecule has 0 aromatic carbocycles. The Balaban J connectivity index is 0.00000121. The van der Waals surface area contributed by atoms with E-state index in [1.165, 1.54) is 22.7 Å². The Labute approximate surface area is 350 Å². The van der Waals surface area contributed by atoms with Crippen LogP contribution in [-0.4, -0.2) is 62.2 Å². The van der Waals surface area contributed by atoms with E-state index in [0.717, 1.165) is 56.1 Å². The number of hydrogen-bond donors (Lipinski definition) is 0. The second-order valence-electron chi connectivity index (χ2n) is 12.8. The summed E-state index contributed by atoms with van der Waals surface area (Å²) in [5, 5.41) is 3.11. The highest BCUT2D eigenvalue weighted by Gasteiger charge is 2.33. The van der Waals surface area contributed by atoms with Crippen LogP contribution in [-0.2, 0) is 45.0 Å². The molecular weight excluding hydrogens is 867 g/mol. The van der Waals surface area contributed by atoms with Gasteiger partial charge in [0.05, 0.1) is 21.1 Å². The Morgan fingerprint density at radius 2 is 1.40 bits per heavy atom. The predicted molar refractivity (Wildman–Crippen MR) is 197 cm³/mol. The predicted octanol–water partition coefficient (Wildman–Crippen LogP) is -0.552. The molecule has 0 saturated carbocycles. The summed E-state index contributed by atoms with van der Waals surface area (Å²) in [4.78, 5) is 92.2. The quantitative estimate of drug-likeness (QED) is 0.0994. The monoisotopic (exact) mass is 900 g/mol. The molecule has 0 bridgehead atoms. The van der Waals surface area contributed by atoms with Gasteiger partial charge in [-0.05, 0) is 55.3 Å². The minimum atomic E-state index is -4.94. The number of fused-ring (bicyclic) bond motifs is 2. The van der Waals surface area contributed by atoms with Gasteiger partial charge in [0.2, 0.25) is 5.01 Å². The van der Waals surface area contributed by atoms with Gasteiger partial charge in [0.15, 0.2) is 5.82 Å². The van der Waals surface area contributed by atoms with Crippen molar-refractivity contribution in [2.45, 2.75) is 83.6 Å². The molecule has 0 radical (unpaired) electrons. The van der Waals surface area contributed by atoms with Crippen LogP contribution in [0.25, 0.3) is 28.6 Å². The third kappa shape index (κ3) is 13.3. The molecule has 6 rings (SSSR count). The zero-order chi connectivity index (χ0) is 42.0. The first kappa shape index (κ1) is 44.7. The van der Waals surface area contributed by atoms with E-state index in [1.807, 2.05) is 52.2 Å². The maximum absolute atomic E-state index is 12.1. The minimum Gasteiger partial charge on any atom is -0.330 e. The molecule has 0 unspecified atom stereocenters. The van der Waals surface area contributed by atoms with Crippen molar-refractivity contribution in [2.75, 3.05) is 11.4 Å². The van der Waals surface area contributed by atoms with Crippen LogP contribution in [0.5, 0.6) is 0 Å². The number of halogens is 3. The van der Waals surface area contributed by atoms with Crippen LogP contribution in [0.2, 0.25) is 5.02 Å². The molecule has 23 heteroatoms. The number of allylic oxidation sites excluding steroid dienone is 2. The second-order valence-corrected chi connectivity index (χ2v) is 16.6. The van der Waals surface area contributed by atoms with E-state index in [2.05, 4.69) is 0 Å². The minimum absolute atomic E-state index is 0.0638. The van der Waals surface area contributed by atoms with E-state index in [4.69, 9.17) is 61.5 Å². The van der Waals surface area contributed by atoms with Crippen molar-refractivity contribution >= 4 is 116 Å². The lowest BCUT2D eigenvalue weighted by atomic mass is 10.2. The zero-order valence-electron chi connectivity index (χ0n) is 30.5. The van der Waals surface area contributed by atoms with Crippen molar-refractivity contribution in [2.24, 2.45) is 0 Å². The first-order chi connectivity index (χ1) is 27.5. The molecule has 3 aliphatic rings. The number of thiazole rings is 2. The number of amides is 4. The van der Waals surface area contributed by atoms with E-state index < -0.39 is 45.8 Å². The summed E-state index contributed by atoms with van der Waals surface area (Å²) in [6.07, 6.45) is 15.8. The third-order valence-electron chi connectivity index (χ3n) is 8.38. The van der Waals surface area contributed by atoms with Gasteiger partial charge in [0, 0.05) is 57.3 Å². The van der Waals surface area contributed by atoms with Crippen molar-refractivity contribution in [3.63, 3.8) is 0 Å². The zero-order valence-corrected chi connectivity index (χ0v) is 34.4. The Morgan fingerprint density at radius 1 is 0.828 bits per heavy atom. The van der Waals surface area contributed by atoms with Crippen molar-refractivity contribution in [3.05, 3.63) is 48.8 Å². The van der Waals surface area contributed by atoms with Crippen LogP contribution < -0.4 is 37.3 Å². The van der Waals surface area contributed by atoms with Gasteiger partial charge >= 0.3 is 17.6 Å². The number of carbonyl (C=O) groups is 6. The lowest BCUT2D eigenvalue weighted by molar-refractivity contribution is -2.00. The summed E-state index contributed by atoms with van der Waals surface area (Å²) >= 11 is 15.9. The maximum Gasteiger partial charge on any atom is 0.342 e. The van der Waals surface area contributed by atoms with Crippen LogP contribution in [0.3, 0.4) is 0 Å². The Morgan fingerprint density at radius 3 is 1.98 bits per heavy atom. The van der Waals surface area contributed by atoms with Gasteiger partial charge in [0.1, 0.15) is 15.6 Å². The van der Waals surface area contributed by atoms with Gasteiger partial charge in [-0.3, -0.25) is 19.2 Å². The number of unbranched alkanes of at least 4 members (excludes halogenated alkanes) is 4. The molecule has 2 fully saturated rings. The lowest BCUT2D eigenvalue weighted by Gasteiger charge is -2.20. The molecule has 18 nitrogen and oxygen atoms in total. The van der Waals surface area contributed by atoms with Gasteiger partial charge < -0.3 is 14.6 Å². The van der Waals surface area contributed by atoms with Gasteiger partial charge in [-0.1, -0.05) is 47.0 Å². The normalized spacial score (nSPS) is 15.9. The number of anilines is 1. The average molecular weight is 902 g/mol.